The molecule has 1 aromatic rings. The van der Waals surface area contributed by atoms with Crippen LogP contribution < -0.4 is 10.1 Å². The van der Waals surface area contributed by atoms with E-state index in [1.807, 2.05) is 19.9 Å². The molecule has 1 aliphatic rings. The zero-order chi connectivity index (χ0) is 15.3. The molecule has 118 valence electrons. The number of hydrogen-bond donors (Lipinski definition) is 2. The predicted octanol–water partition coefficient (Wildman–Crippen LogP) is 3.60. The average Bonchev–Trinajstić information content (AvgIpc) is 2.53. The minimum absolute atomic E-state index is 0.366. The summed E-state index contributed by atoms with van der Waals surface area (Å²) >= 11 is 0. The standard InChI is InChI=1S/C18H29NO2/c1-4-18(20,5-2)13-21-15-11-10-14-8-7-9-17(19-6-3)16(14)12-15/h10-12,17,19-20H,4-9,13H2,1-3H3. The van der Waals surface area contributed by atoms with E-state index in [1.165, 1.54) is 24.0 Å². The first kappa shape index (κ1) is 16.3. The molecule has 0 aromatic heterocycles. The van der Waals surface area contributed by atoms with Gasteiger partial charge in [-0.05, 0) is 61.9 Å². The second-order valence-electron chi connectivity index (χ2n) is 6.08. The van der Waals surface area contributed by atoms with E-state index in [-0.39, 0.29) is 0 Å². The third kappa shape index (κ3) is 3.98. The van der Waals surface area contributed by atoms with Crippen LogP contribution >= 0.6 is 0 Å². The van der Waals surface area contributed by atoms with Gasteiger partial charge in [-0.1, -0.05) is 26.8 Å². The number of rotatable bonds is 7. The third-order valence-electron chi connectivity index (χ3n) is 4.71. The van der Waals surface area contributed by atoms with Crippen LogP contribution in [0.5, 0.6) is 5.75 Å². The Hall–Kier alpha value is -1.06. The highest BCUT2D eigenvalue weighted by atomic mass is 16.5. The van der Waals surface area contributed by atoms with E-state index in [0.717, 1.165) is 18.7 Å². The molecule has 3 nitrogen and oxygen atoms in total. The number of aliphatic hydroxyl groups is 1. The van der Waals surface area contributed by atoms with Gasteiger partial charge in [-0.15, -0.1) is 0 Å². The maximum absolute atomic E-state index is 10.3. The molecule has 1 aromatic carbocycles. The molecule has 0 bridgehead atoms. The summed E-state index contributed by atoms with van der Waals surface area (Å²) in [6, 6.07) is 6.83. The van der Waals surface area contributed by atoms with E-state index in [2.05, 4.69) is 24.4 Å². The minimum Gasteiger partial charge on any atom is -0.491 e. The Balaban J connectivity index is 2.10. The van der Waals surface area contributed by atoms with Crippen LogP contribution in [0.3, 0.4) is 0 Å². The summed E-state index contributed by atoms with van der Waals surface area (Å²) in [5, 5.41) is 13.9. The smallest absolute Gasteiger partial charge is 0.119 e. The van der Waals surface area contributed by atoms with Crippen molar-refractivity contribution in [2.45, 2.75) is 64.5 Å². The summed E-state index contributed by atoms with van der Waals surface area (Å²) in [5.74, 6) is 0.874. The molecule has 21 heavy (non-hydrogen) atoms. The van der Waals surface area contributed by atoms with Crippen LogP contribution in [0.2, 0.25) is 0 Å². The van der Waals surface area contributed by atoms with Crippen molar-refractivity contribution in [3.05, 3.63) is 29.3 Å². The first-order valence-corrected chi connectivity index (χ1v) is 8.33. The van der Waals surface area contributed by atoms with Gasteiger partial charge in [0.2, 0.25) is 0 Å². The van der Waals surface area contributed by atoms with Crippen molar-refractivity contribution in [1.82, 2.24) is 5.32 Å². The molecule has 0 saturated heterocycles. The topological polar surface area (TPSA) is 41.5 Å². The Morgan fingerprint density at radius 3 is 2.71 bits per heavy atom. The monoisotopic (exact) mass is 291 g/mol. The van der Waals surface area contributed by atoms with Crippen LogP contribution in [0.15, 0.2) is 18.2 Å². The highest BCUT2D eigenvalue weighted by Gasteiger charge is 2.24. The number of nitrogens with one attached hydrogen (secondary N) is 1. The summed E-state index contributed by atoms with van der Waals surface area (Å²) in [7, 11) is 0. The lowest BCUT2D eigenvalue weighted by Gasteiger charge is -2.28. The van der Waals surface area contributed by atoms with Gasteiger partial charge >= 0.3 is 0 Å². The highest BCUT2D eigenvalue weighted by Crippen LogP contribution is 2.32. The molecule has 0 fully saturated rings. The Morgan fingerprint density at radius 2 is 2.05 bits per heavy atom. The molecule has 0 amide bonds. The summed E-state index contributed by atoms with van der Waals surface area (Å²) < 4.78 is 5.87. The molecule has 2 rings (SSSR count). The Bertz CT molecular complexity index is 455. The van der Waals surface area contributed by atoms with Gasteiger partial charge in [0.1, 0.15) is 12.4 Å². The van der Waals surface area contributed by atoms with Gasteiger partial charge in [-0.2, -0.15) is 0 Å². The molecule has 1 atom stereocenters. The average molecular weight is 291 g/mol. The van der Waals surface area contributed by atoms with E-state index < -0.39 is 5.60 Å². The molecule has 2 N–H and O–H groups in total. The molecule has 1 unspecified atom stereocenters. The van der Waals surface area contributed by atoms with Gasteiger partial charge in [-0.25, -0.2) is 0 Å². The summed E-state index contributed by atoms with van der Waals surface area (Å²) in [4.78, 5) is 0. The van der Waals surface area contributed by atoms with Crippen LogP contribution in [-0.2, 0) is 6.42 Å². The molecular formula is C18H29NO2. The van der Waals surface area contributed by atoms with Gasteiger partial charge in [0.25, 0.3) is 0 Å². The number of fused-ring (bicyclic) bond motifs is 1. The van der Waals surface area contributed by atoms with E-state index in [1.54, 1.807) is 0 Å². The van der Waals surface area contributed by atoms with Crippen molar-refractivity contribution in [3.63, 3.8) is 0 Å². The second-order valence-corrected chi connectivity index (χ2v) is 6.08. The molecular weight excluding hydrogens is 262 g/mol. The maximum atomic E-state index is 10.3. The molecule has 1 aliphatic carbocycles. The minimum atomic E-state index is -0.711. The van der Waals surface area contributed by atoms with Gasteiger partial charge in [-0.3, -0.25) is 0 Å². The Labute approximate surface area is 128 Å². The summed E-state index contributed by atoms with van der Waals surface area (Å²) in [6.07, 6.45) is 5.03. The van der Waals surface area contributed by atoms with Crippen LogP contribution in [-0.4, -0.2) is 23.9 Å². The van der Waals surface area contributed by atoms with Crippen LogP contribution in [0.1, 0.15) is 63.6 Å². The van der Waals surface area contributed by atoms with E-state index >= 15 is 0 Å². The fourth-order valence-corrected chi connectivity index (χ4v) is 3.00. The lowest BCUT2D eigenvalue weighted by molar-refractivity contribution is -0.0113. The van der Waals surface area contributed by atoms with E-state index in [9.17, 15) is 5.11 Å². The second kappa shape index (κ2) is 7.28. The fourth-order valence-electron chi connectivity index (χ4n) is 3.00. The van der Waals surface area contributed by atoms with Crippen molar-refractivity contribution in [2.24, 2.45) is 0 Å². The number of hydrogen-bond acceptors (Lipinski definition) is 3. The first-order valence-electron chi connectivity index (χ1n) is 8.33. The van der Waals surface area contributed by atoms with Gasteiger partial charge < -0.3 is 15.2 Å². The Morgan fingerprint density at radius 1 is 1.29 bits per heavy atom. The molecule has 0 spiro atoms. The van der Waals surface area contributed by atoms with Crippen molar-refractivity contribution >= 4 is 0 Å². The SMILES string of the molecule is CCNC1CCCc2ccc(OCC(O)(CC)CC)cc21. The summed E-state index contributed by atoms with van der Waals surface area (Å²) in [5.41, 5.74) is 2.09. The van der Waals surface area contributed by atoms with Crippen LogP contribution in [0, 0.1) is 0 Å². The third-order valence-corrected chi connectivity index (χ3v) is 4.71. The quantitative estimate of drug-likeness (QED) is 0.806. The molecule has 0 radical (unpaired) electrons. The fraction of sp³-hybridized carbons (Fsp3) is 0.667. The molecule has 3 heteroatoms. The molecule has 0 heterocycles. The van der Waals surface area contributed by atoms with Crippen molar-refractivity contribution < 1.29 is 9.84 Å². The number of ether oxygens (including phenoxy) is 1. The normalized spacial score (nSPS) is 18.4. The van der Waals surface area contributed by atoms with Crippen molar-refractivity contribution in [2.75, 3.05) is 13.2 Å². The number of aryl methyl sites for hydroxylation is 1. The lowest BCUT2D eigenvalue weighted by atomic mass is 9.87. The summed E-state index contributed by atoms with van der Waals surface area (Å²) in [6.45, 7) is 7.50. The van der Waals surface area contributed by atoms with Crippen molar-refractivity contribution in [1.29, 1.82) is 0 Å². The van der Waals surface area contributed by atoms with E-state index in [0.29, 0.717) is 25.5 Å². The zero-order valence-corrected chi connectivity index (χ0v) is 13.6. The zero-order valence-electron chi connectivity index (χ0n) is 13.6. The molecule has 0 saturated carbocycles. The highest BCUT2D eigenvalue weighted by molar-refractivity contribution is 5.39. The number of benzene rings is 1. The lowest BCUT2D eigenvalue weighted by Crippen LogP contribution is -2.34. The van der Waals surface area contributed by atoms with E-state index in [4.69, 9.17) is 4.74 Å². The van der Waals surface area contributed by atoms with Crippen LogP contribution in [0.4, 0.5) is 0 Å². The predicted molar refractivity (Wildman–Crippen MR) is 86.8 cm³/mol. The van der Waals surface area contributed by atoms with Gasteiger partial charge in [0.15, 0.2) is 0 Å². The van der Waals surface area contributed by atoms with Gasteiger partial charge in [0, 0.05) is 6.04 Å². The largest absolute Gasteiger partial charge is 0.491 e. The van der Waals surface area contributed by atoms with Crippen molar-refractivity contribution in [3.8, 4) is 5.75 Å². The molecule has 0 aliphatic heterocycles. The Kier molecular flexibility index (Phi) is 5.65. The van der Waals surface area contributed by atoms with Gasteiger partial charge in [0.05, 0.1) is 5.60 Å². The van der Waals surface area contributed by atoms with Crippen LogP contribution in [0.25, 0.3) is 0 Å². The maximum Gasteiger partial charge on any atom is 0.119 e. The first-order chi connectivity index (χ1) is 10.1.